The van der Waals surface area contributed by atoms with E-state index in [1.54, 1.807) is 0 Å². The van der Waals surface area contributed by atoms with Crippen LogP contribution in [0.5, 0.6) is 0 Å². The summed E-state index contributed by atoms with van der Waals surface area (Å²) in [6.45, 7) is 4.73. The molecule has 23 heavy (non-hydrogen) atoms. The van der Waals surface area contributed by atoms with Gasteiger partial charge < -0.3 is 20.3 Å². The summed E-state index contributed by atoms with van der Waals surface area (Å²) in [4.78, 5) is 14.4. The predicted molar refractivity (Wildman–Crippen MR) is 97.4 cm³/mol. The highest BCUT2D eigenvalue weighted by Gasteiger charge is 2.27. The highest BCUT2D eigenvalue weighted by atomic mass is 35.5. The molecule has 0 radical (unpaired) electrons. The zero-order valence-electron chi connectivity index (χ0n) is 13.9. The number of carbonyl (C=O) groups excluding carboxylic acids is 1. The lowest BCUT2D eigenvalue weighted by Crippen LogP contribution is -2.55. The van der Waals surface area contributed by atoms with Crippen molar-refractivity contribution in [3.05, 3.63) is 35.4 Å². The van der Waals surface area contributed by atoms with Gasteiger partial charge in [0.15, 0.2) is 0 Å². The number of amides is 1. The molecule has 2 atom stereocenters. The van der Waals surface area contributed by atoms with E-state index >= 15 is 0 Å². The number of ether oxygens (including phenoxy) is 1. The van der Waals surface area contributed by atoms with Gasteiger partial charge in [-0.25, -0.2) is 0 Å². The molecule has 1 aromatic rings. The molecule has 0 aliphatic carbocycles. The zero-order chi connectivity index (χ0) is 15.2. The third-order valence-electron chi connectivity index (χ3n) is 3.66. The molecule has 0 spiro atoms. The Morgan fingerprint density at radius 2 is 1.96 bits per heavy atom. The normalized spacial score (nSPS) is 20.3. The van der Waals surface area contributed by atoms with E-state index in [2.05, 4.69) is 27.7 Å². The number of nitrogens with one attached hydrogen (secondary N) is 2. The maximum absolute atomic E-state index is 12.3. The van der Waals surface area contributed by atoms with Crippen molar-refractivity contribution in [3.63, 3.8) is 0 Å². The summed E-state index contributed by atoms with van der Waals surface area (Å²) in [6, 6.07) is 7.94. The van der Waals surface area contributed by atoms with Crippen LogP contribution in [-0.4, -0.2) is 50.2 Å². The molecule has 7 heteroatoms. The lowest BCUT2D eigenvalue weighted by molar-refractivity contribution is -0.129. The summed E-state index contributed by atoms with van der Waals surface area (Å²) in [7, 11) is 4.08. The van der Waals surface area contributed by atoms with E-state index < -0.39 is 0 Å². The number of nitrogens with zero attached hydrogens (tertiary/aromatic N) is 1. The van der Waals surface area contributed by atoms with E-state index in [4.69, 9.17) is 4.74 Å². The Kier molecular flexibility index (Phi) is 10.4. The molecule has 1 heterocycles. The fourth-order valence-electron chi connectivity index (χ4n) is 2.54. The summed E-state index contributed by atoms with van der Waals surface area (Å²) in [5.74, 6) is 0.00172. The number of benzene rings is 1. The predicted octanol–water partition coefficient (Wildman–Crippen LogP) is 1.58. The number of hydrogen-bond acceptors (Lipinski definition) is 4. The second-order valence-corrected chi connectivity index (χ2v) is 5.73. The van der Waals surface area contributed by atoms with E-state index in [1.165, 1.54) is 5.56 Å². The van der Waals surface area contributed by atoms with Crippen LogP contribution in [0.25, 0.3) is 0 Å². The lowest BCUT2D eigenvalue weighted by Gasteiger charge is -2.29. The van der Waals surface area contributed by atoms with Crippen LogP contribution in [0.4, 0.5) is 0 Å². The highest BCUT2D eigenvalue weighted by molar-refractivity contribution is 5.85. The van der Waals surface area contributed by atoms with Gasteiger partial charge in [-0.2, -0.15) is 0 Å². The van der Waals surface area contributed by atoms with E-state index in [1.807, 2.05) is 33.2 Å². The van der Waals surface area contributed by atoms with Gasteiger partial charge in [0.1, 0.15) is 6.04 Å². The van der Waals surface area contributed by atoms with Crippen molar-refractivity contribution in [3.8, 4) is 0 Å². The first-order valence-corrected chi connectivity index (χ1v) is 7.42. The van der Waals surface area contributed by atoms with Crippen molar-refractivity contribution in [1.29, 1.82) is 0 Å². The maximum Gasteiger partial charge on any atom is 0.240 e. The number of carbonyl (C=O) groups is 1. The Labute approximate surface area is 151 Å². The SMILES string of the molecule is C[C@H]1OCCN[C@@H]1C(=O)NCc1ccccc1CN(C)C.Cl.Cl. The summed E-state index contributed by atoms with van der Waals surface area (Å²) in [5, 5.41) is 6.22. The molecule has 1 amide bonds. The molecule has 0 unspecified atom stereocenters. The van der Waals surface area contributed by atoms with E-state index in [0.29, 0.717) is 13.2 Å². The van der Waals surface area contributed by atoms with Gasteiger partial charge in [-0.15, -0.1) is 24.8 Å². The first-order valence-electron chi connectivity index (χ1n) is 7.42. The standard InChI is InChI=1S/C16H25N3O2.2ClH/c1-12-15(17-8-9-21-12)16(20)18-10-13-6-4-5-7-14(13)11-19(2)3;;/h4-7,12,15,17H,8-11H2,1-3H3,(H,18,20);2*1H/t12-,15+;;/m1../s1. The van der Waals surface area contributed by atoms with Crippen LogP contribution >= 0.6 is 24.8 Å². The van der Waals surface area contributed by atoms with Crippen molar-refractivity contribution in [1.82, 2.24) is 15.5 Å². The van der Waals surface area contributed by atoms with Gasteiger partial charge in [0, 0.05) is 19.6 Å². The van der Waals surface area contributed by atoms with Crippen LogP contribution in [0.3, 0.4) is 0 Å². The summed E-state index contributed by atoms with van der Waals surface area (Å²) < 4.78 is 5.51. The number of morpholine rings is 1. The fraction of sp³-hybridized carbons (Fsp3) is 0.562. The Morgan fingerprint density at radius 1 is 1.30 bits per heavy atom. The molecular weight excluding hydrogens is 337 g/mol. The average Bonchev–Trinajstić information content (AvgIpc) is 2.46. The molecule has 1 aromatic carbocycles. The molecule has 0 aromatic heterocycles. The van der Waals surface area contributed by atoms with E-state index in [0.717, 1.165) is 18.7 Å². The summed E-state index contributed by atoms with van der Waals surface area (Å²) in [6.07, 6.45) is -0.0873. The molecular formula is C16H27Cl2N3O2. The van der Waals surface area contributed by atoms with Crippen LogP contribution in [0.1, 0.15) is 18.1 Å². The van der Waals surface area contributed by atoms with Crippen molar-refractivity contribution >= 4 is 30.7 Å². The Hall–Kier alpha value is -0.850. The van der Waals surface area contributed by atoms with E-state index in [-0.39, 0.29) is 42.9 Å². The highest BCUT2D eigenvalue weighted by Crippen LogP contribution is 2.11. The van der Waals surface area contributed by atoms with Crippen LogP contribution < -0.4 is 10.6 Å². The van der Waals surface area contributed by atoms with Crippen molar-refractivity contribution in [2.24, 2.45) is 0 Å². The maximum atomic E-state index is 12.3. The topological polar surface area (TPSA) is 53.6 Å². The van der Waals surface area contributed by atoms with Gasteiger partial charge in [-0.3, -0.25) is 4.79 Å². The summed E-state index contributed by atoms with van der Waals surface area (Å²) in [5.41, 5.74) is 2.40. The molecule has 132 valence electrons. The second-order valence-electron chi connectivity index (χ2n) is 5.73. The molecule has 5 nitrogen and oxygen atoms in total. The molecule has 0 bridgehead atoms. The van der Waals surface area contributed by atoms with Crippen LogP contribution in [0, 0.1) is 0 Å². The quantitative estimate of drug-likeness (QED) is 0.833. The zero-order valence-corrected chi connectivity index (χ0v) is 15.5. The number of hydrogen-bond donors (Lipinski definition) is 2. The summed E-state index contributed by atoms with van der Waals surface area (Å²) >= 11 is 0. The van der Waals surface area contributed by atoms with Gasteiger partial charge in [-0.05, 0) is 32.1 Å². The molecule has 2 rings (SSSR count). The molecule has 1 fully saturated rings. The Balaban J connectivity index is 0.00000242. The second kappa shape index (κ2) is 10.8. The van der Waals surface area contributed by atoms with Crippen molar-refractivity contribution < 1.29 is 9.53 Å². The lowest BCUT2D eigenvalue weighted by atomic mass is 10.1. The Bertz CT molecular complexity index is 486. The smallest absolute Gasteiger partial charge is 0.240 e. The molecule has 1 aliphatic rings. The minimum absolute atomic E-state index is 0. The Morgan fingerprint density at radius 3 is 2.57 bits per heavy atom. The first kappa shape index (κ1) is 22.1. The van der Waals surface area contributed by atoms with Gasteiger partial charge >= 0.3 is 0 Å². The third-order valence-corrected chi connectivity index (χ3v) is 3.66. The molecule has 1 saturated heterocycles. The molecule has 2 N–H and O–H groups in total. The number of rotatable bonds is 5. The van der Waals surface area contributed by atoms with Gasteiger partial charge in [0.25, 0.3) is 0 Å². The molecule has 1 aliphatic heterocycles. The van der Waals surface area contributed by atoms with E-state index in [9.17, 15) is 4.79 Å². The van der Waals surface area contributed by atoms with Crippen molar-refractivity contribution in [2.45, 2.75) is 32.2 Å². The molecule has 0 saturated carbocycles. The van der Waals surface area contributed by atoms with Crippen LogP contribution in [-0.2, 0) is 22.6 Å². The van der Waals surface area contributed by atoms with Crippen LogP contribution in [0.15, 0.2) is 24.3 Å². The largest absolute Gasteiger partial charge is 0.375 e. The minimum atomic E-state index is -0.264. The van der Waals surface area contributed by atoms with Gasteiger partial charge in [0.2, 0.25) is 5.91 Å². The number of halogens is 2. The average molecular weight is 364 g/mol. The van der Waals surface area contributed by atoms with Gasteiger partial charge in [-0.1, -0.05) is 24.3 Å². The van der Waals surface area contributed by atoms with Crippen molar-refractivity contribution in [2.75, 3.05) is 27.2 Å². The fourth-order valence-corrected chi connectivity index (χ4v) is 2.54. The minimum Gasteiger partial charge on any atom is -0.375 e. The van der Waals surface area contributed by atoms with Crippen LogP contribution in [0.2, 0.25) is 0 Å². The first-order chi connectivity index (χ1) is 10.1. The third kappa shape index (κ3) is 6.65. The monoisotopic (exact) mass is 363 g/mol. The van der Waals surface area contributed by atoms with Gasteiger partial charge in [0.05, 0.1) is 12.7 Å².